The molecule has 7 heterocycles. The number of aromatic nitrogens is 10. The largest absolute Gasteiger partial charge is 0.313 e. The van der Waals surface area contributed by atoms with Gasteiger partial charge in [-0.1, -0.05) is 425 Å². The molecule has 0 fully saturated rings. The molecule has 2 aliphatic heterocycles. The Balaban J connectivity index is 0.000000134. The van der Waals surface area contributed by atoms with E-state index < -0.39 is 10.8 Å². The van der Waals surface area contributed by atoms with E-state index in [4.69, 9.17) is 29.9 Å². The summed E-state index contributed by atoms with van der Waals surface area (Å²) in [5.74, 6) is 2.49. The Morgan fingerprint density at radius 1 is 0.201 bits per heavy atom. The van der Waals surface area contributed by atoms with Gasteiger partial charge in [-0.05, 0) is 175 Å². The van der Waals surface area contributed by atoms with Crippen LogP contribution in [0.3, 0.4) is 0 Å². The number of pyridine rings is 2. The molecular formula is C136H94CuN12. The Morgan fingerprint density at radius 2 is 0.450 bits per heavy atom. The van der Waals surface area contributed by atoms with Crippen molar-refractivity contribution in [3.05, 3.63) is 553 Å². The van der Waals surface area contributed by atoms with Crippen molar-refractivity contribution >= 4 is 122 Å². The fraction of sp³-hybridized carbons (Fsp3) is 0.0441. The molecule has 0 atom stereocenters. The molecule has 20 aromatic carbocycles. The quantitative estimate of drug-likeness (QED) is 0.0506. The van der Waals surface area contributed by atoms with E-state index in [0.717, 1.165) is 144 Å². The second-order valence-corrected chi connectivity index (χ2v) is 38.5. The monoisotopic (exact) mass is 1960 g/mol. The molecule has 25 aromatic rings. The number of benzene rings is 20. The average molecular weight is 1960 g/mol. The maximum atomic E-state index is 5.16. The van der Waals surface area contributed by atoms with E-state index >= 15 is 0 Å². The van der Waals surface area contributed by atoms with Crippen molar-refractivity contribution in [1.29, 1.82) is 0 Å². The predicted molar refractivity (Wildman–Crippen MR) is 608 cm³/mol. The van der Waals surface area contributed by atoms with Crippen LogP contribution in [0.5, 0.6) is 0 Å². The molecule has 13 heteroatoms. The first-order chi connectivity index (χ1) is 73.1. The van der Waals surface area contributed by atoms with Crippen LogP contribution in [0, 0.1) is 13.8 Å². The van der Waals surface area contributed by atoms with Crippen molar-refractivity contribution in [1.82, 2.24) is 49.0 Å². The van der Waals surface area contributed by atoms with Crippen molar-refractivity contribution in [2.75, 3.05) is 9.80 Å². The van der Waals surface area contributed by atoms with Crippen molar-refractivity contribution in [3.8, 4) is 90.1 Å². The third-order valence-corrected chi connectivity index (χ3v) is 30.2. The van der Waals surface area contributed by atoms with Gasteiger partial charge >= 0.3 is 0 Å². The van der Waals surface area contributed by atoms with Crippen LogP contribution in [0.2, 0.25) is 0 Å². The minimum absolute atomic E-state index is 0. The van der Waals surface area contributed by atoms with Gasteiger partial charge in [0.05, 0.1) is 33.2 Å². The van der Waals surface area contributed by atoms with Crippen LogP contribution in [0.1, 0.15) is 55.6 Å². The van der Waals surface area contributed by atoms with Gasteiger partial charge in [0.25, 0.3) is 0 Å². The van der Waals surface area contributed by atoms with Crippen molar-refractivity contribution in [2.24, 2.45) is 14.1 Å². The maximum absolute atomic E-state index is 5.16. The molecule has 0 saturated heterocycles. The molecule has 0 saturated carbocycles. The van der Waals surface area contributed by atoms with Crippen LogP contribution in [0.15, 0.2) is 498 Å². The first-order valence-corrected chi connectivity index (χ1v) is 50.4. The molecule has 149 heavy (non-hydrogen) atoms. The number of hydrogen-bond donors (Lipinski definition) is 0. The molecule has 1 radical (unpaired) electrons. The molecule has 5 aromatic heterocycles. The second-order valence-electron chi connectivity index (χ2n) is 38.5. The summed E-state index contributed by atoms with van der Waals surface area (Å²) in [6.07, 6.45) is 3.75. The zero-order valence-corrected chi connectivity index (χ0v) is 83.0. The Labute approximate surface area is 873 Å². The SMILES string of the molecule is Cc1cccc(N(c2cccc(C3(c4ccccc4)c4ccccc4-c4ccccc43)c2)c2c3ccccc3c(N(c3cccc(C)c3)c3cccc(C4(c5ccccc5)c5ccccc5-c5ccccc54)c3)c3ccccc23)c1.Cn1c2nc3nc(nc4c5ccccc5c(nc5nc(nc1c1ccccc12)-c1ccccc1-5)n4C)-c1ccccc1-3.[Cu].c1ccc(-c2ccnc3c2ccc2c(-c4ccccc4)ccnc23)cc1. The third kappa shape index (κ3) is 14.8. The minimum Gasteiger partial charge on any atom is -0.313 e. The average Bonchev–Trinajstić information content (AvgIpc) is 1.54. The summed E-state index contributed by atoms with van der Waals surface area (Å²) < 4.78 is 4.04. The third-order valence-electron chi connectivity index (χ3n) is 30.2. The molecule has 709 valence electrons. The molecule has 8 bridgehead atoms. The topological polar surface area (TPSA) is 119 Å². The zero-order chi connectivity index (χ0) is 98.7. The van der Waals surface area contributed by atoms with E-state index in [1.165, 1.54) is 100 Å². The first kappa shape index (κ1) is 90.2. The summed E-state index contributed by atoms with van der Waals surface area (Å²) in [7, 11) is 3.98. The maximum Gasteiger partial charge on any atom is 0.164 e. The molecule has 0 spiro atoms. The summed E-state index contributed by atoms with van der Waals surface area (Å²) in [6.45, 7) is 4.40. The number of nitrogens with zero attached hydrogens (tertiary/aromatic N) is 12. The molecule has 29 rings (SSSR count). The van der Waals surface area contributed by atoms with Crippen LogP contribution >= 0.6 is 0 Å². The number of rotatable bonds is 12. The van der Waals surface area contributed by atoms with Crippen LogP contribution in [0.4, 0.5) is 34.1 Å². The fourth-order valence-electron chi connectivity index (χ4n) is 23.8. The van der Waals surface area contributed by atoms with Gasteiger partial charge in [-0.2, -0.15) is 0 Å². The number of anilines is 6. The van der Waals surface area contributed by atoms with Gasteiger partial charge in [0.1, 0.15) is 22.6 Å². The second kappa shape index (κ2) is 37.1. The van der Waals surface area contributed by atoms with Gasteiger partial charge in [-0.3, -0.25) is 9.97 Å². The van der Waals surface area contributed by atoms with Crippen molar-refractivity contribution in [2.45, 2.75) is 24.7 Å². The van der Waals surface area contributed by atoms with Crippen molar-refractivity contribution < 1.29 is 17.1 Å². The summed E-state index contributed by atoms with van der Waals surface area (Å²) in [4.78, 5) is 45.0. The van der Waals surface area contributed by atoms with Crippen molar-refractivity contribution in [3.63, 3.8) is 0 Å². The van der Waals surface area contributed by atoms with E-state index in [1.54, 1.807) is 0 Å². The smallest absolute Gasteiger partial charge is 0.164 e. The number of hydrogen-bond acceptors (Lipinski definition) is 10. The van der Waals surface area contributed by atoms with E-state index in [1.807, 2.05) is 96.3 Å². The molecule has 0 amide bonds. The molecule has 4 aliphatic rings. The van der Waals surface area contributed by atoms with E-state index in [-0.39, 0.29) is 17.1 Å². The molecular weight excluding hydrogens is 1870 g/mol. The normalized spacial score (nSPS) is 12.5. The van der Waals surface area contributed by atoms with Gasteiger partial charge in [0, 0.05) is 142 Å². The van der Waals surface area contributed by atoms with Crippen LogP contribution < -0.4 is 9.80 Å². The minimum atomic E-state index is -0.568. The van der Waals surface area contributed by atoms with E-state index in [2.05, 4.69) is 458 Å². The summed E-state index contributed by atoms with van der Waals surface area (Å²) in [6, 6.07) is 175. The number of fused-ring (bicyclic) bond motifs is 31. The standard InChI is InChI=1S/C78H56N2.C34H22N8.C24H16N2.Cu/c1-53-25-21-33-59(49-53)79(61-35-23-31-57(51-61)77(55-27-5-3-6-28-55)71-45-17-13-37-63(71)64-38-14-18-46-72(64)77)75-67-41-9-11-43-69(67)76(70-44-12-10-42-68(70)75)80(60-34-22-26-54(2)50-60)62-36-24-32-58(52-62)78(56-29-7-4-8-30-56)73-47-19-15-39-65(73)66-40-16-20-48-74(66)78;1-41-31-23-15-7-8-16-24(23)32(41)38-28-20-12-4-6-14-22(20)30(36-28)40-34-26-18-10-9-17-25(26)33(42(34)2)39-29-21-13-5-3-11-19(21)27(35-29)37-31;1-3-7-17(8-4-1)19-13-15-25-23-21(19)11-12-22-20(14-16-26-24(22)23)18-9-5-2-6-10-18;/h3-52H,1-2H3;3-18H,1-2H3;1-16H;. The Bertz CT molecular complexity index is 8980. The van der Waals surface area contributed by atoms with Gasteiger partial charge in [-0.15, -0.1) is 0 Å². The van der Waals surface area contributed by atoms with Crippen LogP contribution in [-0.2, 0) is 42.0 Å². The zero-order valence-electron chi connectivity index (χ0n) is 82.0. The van der Waals surface area contributed by atoms with E-state index in [0.29, 0.717) is 23.3 Å². The summed E-state index contributed by atoms with van der Waals surface area (Å²) in [5, 5.41) is 10.8. The van der Waals surface area contributed by atoms with Gasteiger partial charge in [-0.25, -0.2) is 29.9 Å². The molecule has 12 nitrogen and oxygen atoms in total. The number of aryl methyl sites for hydroxylation is 4. The van der Waals surface area contributed by atoms with Gasteiger partial charge in [0.15, 0.2) is 23.3 Å². The fourth-order valence-corrected chi connectivity index (χ4v) is 23.8. The Kier molecular flexibility index (Phi) is 22.5. The Morgan fingerprint density at radius 3 is 0.752 bits per heavy atom. The van der Waals surface area contributed by atoms with E-state index in [9.17, 15) is 0 Å². The molecule has 2 aliphatic carbocycles. The summed E-state index contributed by atoms with van der Waals surface area (Å²) in [5.41, 5.74) is 36.6. The molecule has 0 unspecified atom stereocenters. The van der Waals surface area contributed by atoms with Crippen LogP contribution in [-0.4, -0.2) is 49.0 Å². The Hall–Kier alpha value is -18.8. The predicted octanol–water partition coefficient (Wildman–Crippen LogP) is 33.3. The molecule has 0 N–H and O–H groups in total. The summed E-state index contributed by atoms with van der Waals surface area (Å²) >= 11 is 0. The first-order valence-electron chi connectivity index (χ1n) is 50.4. The van der Waals surface area contributed by atoms with Gasteiger partial charge in [0.2, 0.25) is 0 Å². The van der Waals surface area contributed by atoms with Gasteiger partial charge < -0.3 is 18.9 Å². The van der Waals surface area contributed by atoms with Crippen LogP contribution in [0.25, 0.3) is 178 Å².